The topological polar surface area (TPSA) is 12.0 Å². The molecule has 1 heteroatoms. The molecule has 2 rings (SSSR count). The zero-order valence-electron chi connectivity index (χ0n) is 9.92. The summed E-state index contributed by atoms with van der Waals surface area (Å²) in [5.41, 5.74) is 0. The van der Waals surface area contributed by atoms with Gasteiger partial charge < -0.3 is 5.32 Å². The second kappa shape index (κ2) is 4.22. The third kappa shape index (κ3) is 1.98. The molecule has 3 unspecified atom stereocenters. The van der Waals surface area contributed by atoms with Crippen LogP contribution in [0.15, 0.2) is 0 Å². The SMILES string of the molecule is CC1CCC(C)C1NC(C)C1CCC1. The van der Waals surface area contributed by atoms with Crippen molar-refractivity contribution in [3.63, 3.8) is 0 Å². The van der Waals surface area contributed by atoms with E-state index in [1.807, 2.05) is 0 Å². The fraction of sp³-hybridized carbons (Fsp3) is 1.00. The van der Waals surface area contributed by atoms with E-state index in [1.165, 1.54) is 32.1 Å². The molecule has 1 N–H and O–H groups in total. The molecule has 0 aromatic heterocycles. The van der Waals surface area contributed by atoms with Crippen LogP contribution in [0.5, 0.6) is 0 Å². The molecule has 0 saturated heterocycles. The summed E-state index contributed by atoms with van der Waals surface area (Å²) in [4.78, 5) is 0. The van der Waals surface area contributed by atoms with Gasteiger partial charge >= 0.3 is 0 Å². The predicted octanol–water partition coefficient (Wildman–Crippen LogP) is 3.20. The summed E-state index contributed by atoms with van der Waals surface area (Å²) in [6.07, 6.45) is 7.24. The minimum atomic E-state index is 0.761. The highest BCUT2D eigenvalue weighted by Crippen LogP contribution is 2.34. The van der Waals surface area contributed by atoms with Gasteiger partial charge in [-0.05, 0) is 50.4 Å². The quantitative estimate of drug-likeness (QED) is 0.729. The molecule has 2 aliphatic rings. The molecule has 0 radical (unpaired) electrons. The third-order valence-corrected chi connectivity index (χ3v) is 4.62. The van der Waals surface area contributed by atoms with Crippen molar-refractivity contribution in [2.24, 2.45) is 17.8 Å². The van der Waals surface area contributed by atoms with Gasteiger partial charge in [-0.3, -0.25) is 0 Å². The van der Waals surface area contributed by atoms with Crippen molar-refractivity contribution in [2.75, 3.05) is 0 Å². The van der Waals surface area contributed by atoms with Gasteiger partial charge in [0.1, 0.15) is 0 Å². The zero-order chi connectivity index (χ0) is 10.1. The molecular formula is C13H25N. The van der Waals surface area contributed by atoms with E-state index in [1.54, 1.807) is 0 Å². The first-order valence-corrected chi connectivity index (χ1v) is 6.44. The van der Waals surface area contributed by atoms with Gasteiger partial charge in [0.25, 0.3) is 0 Å². The van der Waals surface area contributed by atoms with E-state index in [0.29, 0.717) is 0 Å². The van der Waals surface area contributed by atoms with E-state index in [0.717, 1.165) is 29.8 Å². The average molecular weight is 195 g/mol. The molecule has 0 spiro atoms. The van der Waals surface area contributed by atoms with E-state index in [-0.39, 0.29) is 0 Å². The molecule has 2 aliphatic carbocycles. The van der Waals surface area contributed by atoms with Crippen LogP contribution in [-0.2, 0) is 0 Å². The van der Waals surface area contributed by atoms with Crippen LogP contribution in [0, 0.1) is 17.8 Å². The Hall–Kier alpha value is -0.0400. The Morgan fingerprint density at radius 2 is 1.57 bits per heavy atom. The largest absolute Gasteiger partial charge is 0.311 e. The first-order chi connectivity index (χ1) is 6.68. The zero-order valence-corrected chi connectivity index (χ0v) is 9.92. The van der Waals surface area contributed by atoms with Crippen molar-refractivity contribution in [1.29, 1.82) is 0 Å². The molecule has 1 nitrogen and oxygen atoms in total. The summed E-state index contributed by atoms with van der Waals surface area (Å²) < 4.78 is 0. The van der Waals surface area contributed by atoms with E-state index in [2.05, 4.69) is 26.1 Å². The fourth-order valence-corrected chi connectivity index (χ4v) is 3.15. The average Bonchev–Trinajstić information content (AvgIpc) is 2.32. The van der Waals surface area contributed by atoms with E-state index in [9.17, 15) is 0 Å². The summed E-state index contributed by atoms with van der Waals surface area (Å²) in [5, 5.41) is 3.88. The maximum absolute atomic E-state index is 3.88. The van der Waals surface area contributed by atoms with Crippen molar-refractivity contribution >= 4 is 0 Å². The lowest BCUT2D eigenvalue weighted by Gasteiger charge is -2.36. The maximum Gasteiger partial charge on any atom is 0.0121 e. The second-order valence-electron chi connectivity index (χ2n) is 5.70. The minimum Gasteiger partial charge on any atom is -0.311 e. The monoisotopic (exact) mass is 195 g/mol. The van der Waals surface area contributed by atoms with Gasteiger partial charge in [0, 0.05) is 12.1 Å². The van der Waals surface area contributed by atoms with Crippen LogP contribution in [0.1, 0.15) is 52.9 Å². The van der Waals surface area contributed by atoms with Crippen molar-refractivity contribution in [3.8, 4) is 0 Å². The van der Waals surface area contributed by atoms with Crippen LogP contribution in [0.3, 0.4) is 0 Å². The van der Waals surface area contributed by atoms with Crippen LogP contribution in [0.2, 0.25) is 0 Å². The van der Waals surface area contributed by atoms with Crippen molar-refractivity contribution in [3.05, 3.63) is 0 Å². The molecule has 3 atom stereocenters. The van der Waals surface area contributed by atoms with Crippen LogP contribution >= 0.6 is 0 Å². The molecule has 82 valence electrons. The van der Waals surface area contributed by atoms with Gasteiger partial charge in [-0.1, -0.05) is 20.3 Å². The van der Waals surface area contributed by atoms with E-state index < -0.39 is 0 Å². The highest BCUT2D eigenvalue weighted by molar-refractivity contribution is 4.90. The molecule has 0 aromatic rings. The lowest BCUT2D eigenvalue weighted by atomic mass is 9.80. The Labute approximate surface area is 88.7 Å². The number of nitrogens with one attached hydrogen (secondary N) is 1. The minimum absolute atomic E-state index is 0.761. The van der Waals surface area contributed by atoms with Gasteiger partial charge in [-0.25, -0.2) is 0 Å². The highest BCUT2D eigenvalue weighted by atomic mass is 15.0. The number of hydrogen-bond donors (Lipinski definition) is 1. The highest BCUT2D eigenvalue weighted by Gasteiger charge is 2.33. The van der Waals surface area contributed by atoms with Crippen LogP contribution in [0.4, 0.5) is 0 Å². The standard InChI is InChI=1S/C13H25N/c1-9-7-8-10(2)13(9)14-11(3)12-5-4-6-12/h9-14H,4-8H2,1-3H3. The second-order valence-corrected chi connectivity index (χ2v) is 5.70. The van der Waals surface area contributed by atoms with Crippen LogP contribution in [0.25, 0.3) is 0 Å². The number of hydrogen-bond acceptors (Lipinski definition) is 1. The van der Waals surface area contributed by atoms with Crippen molar-refractivity contribution in [2.45, 2.75) is 65.0 Å². The Balaban J connectivity index is 1.82. The summed E-state index contributed by atoms with van der Waals surface area (Å²) in [7, 11) is 0. The normalized spacial score (nSPS) is 40.9. The predicted molar refractivity (Wildman–Crippen MR) is 61.3 cm³/mol. The lowest BCUT2D eigenvalue weighted by molar-refractivity contribution is 0.205. The smallest absolute Gasteiger partial charge is 0.0121 e. The summed E-state index contributed by atoms with van der Waals surface area (Å²) >= 11 is 0. The molecular weight excluding hydrogens is 170 g/mol. The lowest BCUT2D eigenvalue weighted by Crippen LogP contribution is -2.46. The van der Waals surface area contributed by atoms with Gasteiger partial charge in [0.15, 0.2) is 0 Å². The molecule has 0 bridgehead atoms. The van der Waals surface area contributed by atoms with Crippen LogP contribution < -0.4 is 5.32 Å². The Kier molecular flexibility index (Phi) is 3.16. The van der Waals surface area contributed by atoms with E-state index >= 15 is 0 Å². The van der Waals surface area contributed by atoms with Crippen LogP contribution in [-0.4, -0.2) is 12.1 Å². The third-order valence-electron chi connectivity index (χ3n) is 4.62. The molecule has 0 aliphatic heterocycles. The van der Waals surface area contributed by atoms with Gasteiger partial charge in [-0.2, -0.15) is 0 Å². The Morgan fingerprint density at radius 3 is 2.00 bits per heavy atom. The van der Waals surface area contributed by atoms with Gasteiger partial charge in [0.05, 0.1) is 0 Å². The summed E-state index contributed by atoms with van der Waals surface area (Å²) in [5.74, 6) is 2.77. The van der Waals surface area contributed by atoms with Gasteiger partial charge in [0.2, 0.25) is 0 Å². The molecule has 0 aromatic carbocycles. The molecule has 2 fully saturated rings. The molecule has 2 saturated carbocycles. The van der Waals surface area contributed by atoms with Crippen molar-refractivity contribution < 1.29 is 0 Å². The maximum atomic E-state index is 3.88. The first kappa shape index (κ1) is 10.5. The number of rotatable bonds is 3. The van der Waals surface area contributed by atoms with E-state index in [4.69, 9.17) is 0 Å². The fourth-order valence-electron chi connectivity index (χ4n) is 3.15. The summed E-state index contributed by atoms with van der Waals surface area (Å²) in [6, 6.07) is 1.56. The molecule has 0 amide bonds. The van der Waals surface area contributed by atoms with Gasteiger partial charge in [-0.15, -0.1) is 0 Å². The summed E-state index contributed by atoms with van der Waals surface area (Å²) in [6.45, 7) is 7.21. The van der Waals surface area contributed by atoms with Crippen molar-refractivity contribution in [1.82, 2.24) is 5.32 Å². The Morgan fingerprint density at radius 1 is 1.00 bits per heavy atom. The molecule has 0 heterocycles. The molecule has 14 heavy (non-hydrogen) atoms. The first-order valence-electron chi connectivity index (χ1n) is 6.44. The Bertz CT molecular complexity index is 176.